The van der Waals surface area contributed by atoms with Gasteiger partial charge in [0.1, 0.15) is 12.1 Å². The van der Waals surface area contributed by atoms with Crippen LogP contribution in [0.3, 0.4) is 0 Å². The molecule has 2 aromatic carbocycles. The summed E-state index contributed by atoms with van der Waals surface area (Å²) >= 11 is 0. The highest BCUT2D eigenvalue weighted by Crippen LogP contribution is 2.37. The summed E-state index contributed by atoms with van der Waals surface area (Å²) < 4.78 is 2.21. The van der Waals surface area contributed by atoms with E-state index >= 15 is 0 Å². The summed E-state index contributed by atoms with van der Waals surface area (Å²) in [6, 6.07) is 19.2. The molecule has 0 bridgehead atoms. The number of aryl methyl sites for hydroxylation is 1. The van der Waals surface area contributed by atoms with Crippen LogP contribution in [0.4, 0.5) is 5.82 Å². The third-order valence-electron chi connectivity index (χ3n) is 5.88. The van der Waals surface area contributed by atoms with Gasteiger partial charge >= 0.3 is 0 Å². The Labute approximate surface area is 171 Å². The molecule has 0 radical (unpaired) electrons. The van der Waals surface area contributed by atoms with Crippen molar-refractivity contribution in [3.05, 3.63) is 72.7 Å². The summed E-state index contributed by atoms with van der Waals surface area (Å²) in [5.41, 5.74) is 5.73. The lowest BCUT2D eigenvalue weighted by atomic mass is 9.99. The van der Waals surface area contributed by atoms with E-state index in [2.05, 4.69) is 84.1 Å². The van der Waals surface area contributed by atoms with Crippen LogP contribution in [0.5, 0.6) is 0 Å². The van der Waals surface area contributed by atoms with Gasteiger partial charge in [0.2, 0.25) is 0 Å². The Balaban J connectivity index is 1.77. The number of hydrogen-bond donors (Lipinski definition) is 0. The summed E-state index contributed by atoms with van der Waals surface area (Å²) in [6.07, 6.45) is 6.45. The number of aromatic nitrogens is 3. The average Bonchev–Trinajstić information content (AvgIpc) is 3.14. The molecule has 0 aliphatic carbocycles. The summed E-state index contributed by atoms with van der Waals surface area (Å²) in [5.74, 6) is 1.75. The fourth-order valence-corrected chi connectivity index (χ4v) is 4.48. The molecule has 3 heterocycles. The molecule has 5 rings (SSSR count). The standard InChI is InChI=1S/C25H26N4/c1-18-8-6-12-21(14-18)29-16-22(20-10-4-3-5-11-20)23-24(26-17-27-25(23)29)28-13-7-9-19(2)15-28/h3-6,8,10-12,14,16-17,19H,7,9,13,15H2,1-2H3. The molecule has 4 aromatic rings. The number of piperidine rings is 1. The smallest absolute Gasteiger partial charge is 0.150 e. The van der Waals surface area contributed by atoms with E-state index in [0.29, 0.717) is 5.92 Å². The molecule has 0 saturated carbocycles. The van der Waals surface area contributed by atoms with Crippen molar-refractivity contribution in [1.29, 1.82) is 0 Å². The summed E-state index contributed by atoms with van der Waals surface area (Å²) in [6.45, 7) is 6.57. The topological polar surface area (TPSA) is 34.0 Å². The van der Waals surface area contributed by atoms with Crippen molar-refractivity contribution in [2.45, 2.75) is 26.7 Å². The van der Waals surface area contributed by atoms with Crippen molar-refractivity contribution >= 4 is 16.9 Å². The van der Waals surface area contributed by atoms with Crippen molar-refractivity contribution in [2.24, 2.45) is 5.92 Å². The lowest BCUT2D eigenvalue weighted by Crippen LogP contribution is -2.35. The molecule has 0 amide bonds. The van der Waals surface area contributed by atoms with Gasteiger partial charge in [-0.25, -0.2) is 9.97 Å². The van der Waals surface area contributed by atoms with E-state index in [-0.39, 0.29) is 0 Å². The molecule has 1 aliphatic rings. The molecule has 4 nitrogen and oxygen atoms in total. The highest BCUT2D eigenvalue weighted by atomic mass is 15.2. The van der Waals surface area contributed by atoms with Gasteiger partial charge in [-0.05, 0) is 48.9 Å². The first-order valence-corrected chi connectivity index (χ1v) is 10.4. The molecule has 146 valence electrons. The average molecular weight is 383 g/mol. The molecule has 4 heteroatoms. The van der Waals surface area contributed by atoms with E-state index in [4.69, 9.17) is 9.97 Å². The Morgan fingerprint density at radius 1 is 1.00 bits per heavy atom. The van der Waals surface area contributed by atoms with Gasteiger partial charge in [0.15, 0.2) is 5.65 Å². The zero-order chi connectivity index (χ0) is 19.8. The monoisotopic (exact) mass is 382 g/mol. The number of benzene rings is 2. The Morgan fingerprint density at radius 2 is 1.86 bits per heavy atom. The van der Waals surface area contributed by atoms with Crippen LogP contribution in [0.2, 0.25) is 0 Å². The highest BCUT2D eigenvalue weighted by molar-refractivity contribution is 6.02. The SMILES string of the molecule is Cc1cccc(-n2cc(-c3ccccc3)c3c(N4CCCC(C)C4)ncnc32)c1. The van der Waals surface area contributed by atoms with E-state index in [1.165, 1.54) is 29.5 Å². The van der Waals surface area contributed by atoms with Gasteiger partial charge < -0.3 is 9.47 Å². The number of hydrogen-bond acceptors (Lipinski definition) is 3. The number of nitrogens with zero attached hydrogens (tertiary/aromatic N) is 4. The third-order valence-corrected chi connectivity index (χ3v) is 5.88. The van der Waals surface area contributed by atoms with Crippen LogP contribution in [0, 0.1) is 12.8 Å². The molecular formula is C25H26N4. The van der Waals surface area contributed by atoms with Crippen molar-refractivity contribution in [3.8, 4) is 16.8 Å². The Kier molecular flexibility index (Phi) is 4.55. The van der Waals surface area contributed by atoms with Gasteiger partial charge in [0.25, 0.3) is 0 Å². The lowest BCUT2D eigenvalue weighted by molar-refractivity contribution is 0.445. The van der Waals surface area contributed by atoms with Crippen molar-refractivity contribution in [1.82, 2.24) is 14.5 Å². The van der Waals surface area contributed by atoms with Gasteiger partial charge in [0.05, 0.1) is 5.39 Å². The van der Waals surface area contributed by atoms with E-state index in [1.54, 1.807) is 6.33 Å². The maximum atomic E-state index is 4.78. The second-order valence-electron chi connectivity index (χ2n) is 8.21. The van der Waals surface area contributed by atoms with Crippen molar-refractivity contribution in [3.63, 3.8) is 0 Å². The van der Waals surface area contributed by atoms with E-state index < -0.39 is 0 Å². The minimum atomic E-state index is 0.688. The molecule has 1 fully saturated rings. The molecule has 2 aromatic heterocycles. The van der Waals surface area contributed by atoms with Crippen LogP contribution in [0.1, 0.15) is 25.3 Å². The largest absolute Gasteiger partial charge is 0.356 e. The molecule has 1 atom stereocenters. The first kappa shape index (κ1) is 17.9. The number of rotatable bonds is 3. The zero-order valence-corrected chi connectivity index (χ0v) is 17.0. The second-order valence-corrected chi connectivity index (χ2v) is 8.21. The van der Waals surface area contributed by atoms with Crippen molar-refractivity contribution < 1.29 is 0 Å². The Morgan fingerprint density at radius 3 is 2.66 bits per heavy atom. The fourth-order valence-electron chi connectivity index (χ4n) is 4.48. The summed E-state index contributed by atoms with van der Waals surface area (Å²) in [5, 5.41) is 1.15. The number of fused-ring (bicyclic) bond motifs is 1. The van der Waals surface area contributed by atoms with Crippen LogP contribution in [-0.4, -0.2) is 27.6 Å². The summed E-state index contributed by atoms with van der Waals surface area (Å²) in [4.78, 5) is 12.0. The van der Waals surface area contributed by atoms with Crippen LogP contribution < -0.4 is 4.90 Å². The quantitative estimate of drug-likeness (QED) is 0.460. The Hall–Kier alpha value is -3.14. The lowest BCUT2D eigenvalue weighted by Gasteiger charge is -2.32. The first-order valence-electron chi connectivity index (χ1n) is 10.4. The van der Waals surface area contributed by atoms with Gasteiger partial charge in [0, 0.05) is 30.5 Å². The minimum absolute atomic E-state index is 0.688. The van der Waals surface area contributed by atoms with E-state index in [1.807, 2.05) is 0 Å². The third kappa shape index (κ3) is 3.29. The van der Waals surface area contributed by atoms with Gasteiger partial charge in [-0.2, -0.15) is 0 Å². The minimum Gasteiger partial charge on any atom is -0.356 e. The molecule has 29 heavy (non-hydrogen) atoms. The molecule has 0 N–H and O–H groups in total. The molecular weight excluding hydrogens is 356 g/mol. The summed E-state index contributed by atoms with van der Waals surface area (Å²) in [7, 11) is 0. The van der Waals surface area contributed by atoms with Crippen LogP contribution in [0.25, 0.3) is 27.8 Å². The van der Waals surface area contributed by atoms with E-state index in [0.717, 1.165) is 35.6 Å². The van der Waals surface area contributed by atoms with Crippen LogP contribution >= 0.6 is 0 Å². The Bertz CT molecular complexity index is 1150. The number of anilines is 1. The maximum absolute atomic E-state index is 4.78. The fraction of sp³-hybridized carbons (Fsp3) is 0.280. The molecule has 1 saturated heterocycles. The van der Waals surface area contributed by atoms with Gasteiger partial charge in [-0.15, -0.1) is 0 Å². The predicted octanol–water partition coefficient (Wildman–Crippen LogP) is 5.63. The molecule has 1 aliphatic heterocycles. The second kappa shape index (κ2) is 7.36. The van der Waals surface area contributed by atoms with Crippen LogP contribution in [-0.2, 0) is 0 Å². The zero-order valence-electron chi connectivity index (χ0n) is 17.0. The first-order chi connectivity index (χ1) is 14.2. The molecule has 0 spiro atoms. The van der Waals surface area contributed by atoms with Gasteiger partial charge in [-0.3, -0.25) is 0 Å². The van der Waals surface area contributed by atoms with Crippen LogP contribution in [0.15, 0.2) is 67.1 Å². The van der Waals surface area contributed by atoms with Crippen molar-refractivity contribution in [2.75, 3.05) is 18.0 Å². The highest BCUT2D eigenvalue weighted by Gasteiger charge is 2.24. The van der Waals surface area contributed by atoms with E-state index in [9.17, 15) is 0 Å². The normalized spacial score (nSPS) is 17.0. The predicted molar refractivity (Wildman–Crippen MR) is 120 cm³/mol. The van der Waals surface area contributed by atoms with Gasteiger partial charge in [-0.1, -0.05) is 49.4 Å². The molecule has 1 unspecified atom stereocenters. The maximum Gasteiger partial charge on any atom is 0.150 e.